The van der Waals surface area contributed by atoms with Gasteiger partial charge in [-0.3, -0.25) is 13.9 Å². The Morgan fingerprint density at radius 1 is 0.949 bits per heavy atom. The minimum absolute atomic E-state index is 0.0194. The first kappa shape index (κ1) is 30.7. The summed E-state index contributed by atoms with van der Waals surface area (Å²) in [4.78, 5) is 29.2. The molecule has 0 heterocycles. The van der Waals surface area contributed by atoms with E-state index in [0.29, 0.717) is 16.3 Å². The average Bonchev–Trinajstić information content (AvgIpc) is 2.85. The molecule has 0 aliphatic rings. The van der Waals surface area contributed by atoms with Gasteiger partial charge >= 0.3 is 0 Å². The third-order valence-electron chi connectivity index (χ3n) is 5.86. The molecule has 0 aromatic heterocycles. The third-order valence-corrected chi connectivity index (χ3v) is 7.90. The van der Waals surface area contributed by atoms with Crippen molar-refractivity contribution in [3.63, 3.8) is 0 Å². The van der Waals surface area contributed by atoms with Gasteiger partial charge in [-0.2, -0.15) is 0 Å². The fourth-order valence-corrected chi connectivity index (χ4v) is 5.35. The monoisotopic (exact) mass is 633 g/mol. The Bertz CT molecular complexity index is 1390. The lowest BCUT2D eigenvalue weighted by atomic mass is 10.0. The zero-order valence-electron chi connectivity index (χ0n) is 22.4. The zero-order chi connectivity index (χ0) is 28.8. The zero-order valence-corrected chi connectivity index (χ0v) is 25.6. The molecule has 1 atom stereocenters. The van der Waals surface area contributed by atoms with Crippen LogP contribution < -0.4 is 9.62 Å². The SMILES string of the molecule is CC(C)(C)NC(=O)[C@@H](Cc1ccccc1)N(Cc1ccccc1Cl)C(=O)CN(c1ccc(Br)cc1)S(C)(=O)=O. The predicted octanol–water partition coefficient (Wildman–Crippen LogP) is 5.42. The molecule has 0 bridgehead atoms. The van der Waals surface area contributed by atoms with Gasteiger partial charge in [0.2, 0.25) is 21.8 Å². The van der Waals surface area contributed by atoms with Gasteiger partial charge in [-0.05, 0) is 62.2 Å². The Hall–Kier alpha value is -2.88. The minimum Gasteiger partial charge on any atom is -0.350 e. The number of benzene rings is 3. The highest BCUT2D eigenvalue weighted by Crippen LogP contribution is 2.24. The second-order valence-electron chi connectivity index (χ2n) is 10.3. The highest BCUT2D eigenvalue weighted by atomic mass is 79.9. The minimum atomic E-state index is -3.83. The Kier molecular flexibility index (Phi) is 10.2. The second kappa shape index (κ2) is 13.0. The van der Waals surface area contributed by atoms with E-state index in [1.165, 1.54) is 4.90 Å². The molecule has 0 spiro atoms. The molecule has 0 saturated heterocycles. The van der Waals surface area contributed by atoms with Crippen LogP contribution in [0.15, 0.2) is 83.3 Å². The standard InChI is InChI=1S/C29H33BrClN3O4S/c1-29(2,3)32-28(36)26(18-21-10-6-5-7-11-21)33(19-22-12-8-9-13-25(22)31)27(35)20-34(39(4,37)38)24-16-14-23(30)15-17-24/h5-17,26H,18-20H2,1-4H3,(H,32,36)/t26-/m1/s1. The van der Waals surface area contributed by atoms with Gasteiger partial charge in [-0.25, -0.2) is 8.42 Å². The number of carbonyl (C=O) groups is 2. The number of carbonyl (C=O) groups excluding carboxylic acids is 2. The van der Waals surface area contributed by atoms with Gasteiger partial charge in [0.1, 0.15) is 12.6 Å². The number of nitrogens with one attached hydrogen (secondary N) is 1. The summed E-state index contributed by atoms with van der Waals surface area (Å²) in [6, 6.07) is 22.2. The largest absolute Gasteiger partial charge is 0.350 e. The van der Waals surface area contributed by atoms with E-state index in [1.807, 2.05) is 51.1 Å². The van der Waals surface area contributed by atoms with Crippen molar-refractivity contribution in [1.82, 2.24) is 10.2 Å². The lowest BCUT2D eigenvalue weighted by Crippen LogP contribution is -2.56. The molecular weight excluding hydrogens is 602 g/mol. The second-order valence-corrected chi connectivity index (χ2v) is 13.5. The predicted molar refractivity (Wildman–Crippen MR) is 160 cm³/mol. The smallest absolute Gasteiger partial charge is 0.244 e. The number of anilines is 1. The Morgan fingerprint density at radius 2 is 1.54 bits per heavy atom. The van der Waals surface area contributed by atoms with Gasteiger partial charge in [-0.1, -0.05) is 76.1 Å². The van der Waals surface area contributed by atoms with Gasteiger partial charge in [0.05, 0.1) is 11.9 Å². The number of hydrogen-bond acceptors (Lipinski definition) is 4. The fourth-order valence-electron chi connectivity index (χ4n) is 4.04. The summed E-state index contributed by atoms with van der Waals surface area (Å²) in [6.45, 7) is 5.13. The van der Waals surface area contributed by atoms with Crippen LogP contribution in [0.4, 0.5) is 5.69 Å². The van der Waals surface area contributed by atoms with Crippen molar-refractivity contribution in [3.8, 4) is 0 Å². The van der Waals surface area contributed by atoms with Crippen LogP contribution in [0.2, 0.25) is 5.02 Å². The molecule has 3 aromatic rings. The quantitative estimate of drug-likeness (QED) is 0.323. The van der Waals surface area contributed by atoms with E-state index >= 15 is 0 Å². The molecule has 1 N–H and O–H groups in total. The van der Waals surface area contributed by atoms with Gasteiger partial charge in [-0.15, -0.1) is 0 Å². The number of hydrogen-bond donors (Lipinski definition) is 1. The number of rotatable bonds is 10. The van der Waals surface area contributed by atoms with Crippen LogP contribution in [-0.4, -0.2) is 49.5 Å². The van der Waals surface area contributed by atoms with Crippen molar-refractivity contribution in [3.05, 3.63) is 99.5 Å². The van der Waals surface area contributed by atoms with E-state index in [0.717, 1.165) is 20.6 Å². The molecule has 0 aliphatic heterocycles. The van der Waals surface area contributed by atoms with E-state index in [2.05, 4.69) is 21.2 Å². The lowest BCUT2D eigenvalue weighted by Gasteiger charge is -2.35. The Morgan fingerprint density at radius 3 is 2.10 bits per heavy atom. The summed E-state index contributed by atoms with van der Waals surface area (Å²) >= 11 is 9.82. The summed E-state index contributed by atoms with van der Waals surface area (Å²) in [5, 5.41) is 3.44. The van der Waals surface area contributed by atoms with E-state index in [-0.39, 0.29) is 18.9 Å². The van der Waals surface area contributed by atoms with Crippen molar-refractivity contribution < 1.29 is 18.0 Å². The molecule has 3 rings (SSSR count). The topological polar surface area (TPSA) is 86.8 Å². The van der Waals surface area contributed by atoms with Crippen LogP contribution in [-0.2, 0) is 32.6 Å². The van der Waals surface area contributed by atoms with Crippen molar-refractivity contribution in [2.45, 2.75) is 45.3 Å². The Balaban J connectivity index is 2.08. The first-order valence-corrected chi connectivity index (χ1v) is 15.4. The summed E-state index contributed by atoms with van der Waals surface area (Å²) in [5.74, 6) is -0.880. The molecule has 0 saturated carbocycles. The average molecular weight is 635 g/mol. The molecule has 208 valence electrons. The number of amides is 2. The molecule has 39 heavy (non-hydrogen) atoms. The maximum atomic E-state index is 14.0. The van der Waals surface area contributed by atoms with Crippen LogP contribution in [0.1, 0.15) is 31.9 Å². The summed E-state index contributed by atoms with van der Waals surface area (Å²) in [6.07, 6.45) is 1.28. The first-order valence-electron chi connectivity index (χ1n) is 12.4. The van der Waals surface area contributed by atoms with E-state index in [9.17, 15) is 18.0 Å². The molecule has 7 nitrogen and oxygen atoms in total. The lowest BCUT2D eigenvalue weighted by molar-refractivity contribution is -0.140. The van der Waals surface area contributed by atoms with Crippen LogP contribution in [0.5, 0.6) is 0 Å². The molecular formula is C29H33BrClN3O4S. The third kappa shape index (κ3) is 9.08. The highest BCUT2D eigenvalue weighted by Gasteiger charge is 2.34. The van der Waals surface area contributed by atoms with Crippen molar-refractivity contribution >= 4 is 55.1 Å². The summed E-state index contributed by atoms with van der Waals surface area (Å²) in [7, 11) is -3.83. The van der Waals surface area contributed by atoms with Gasteiger partial charge in [0.25, 0.3) is 0 Å². The maximum absolute atomic E-state index is 14.0. The van der Waals surface area contributed by atoms with Crippen molar-refractivity contribution in [2.24, 2.45) is 0 Å². The Labute approximate surface area is 244 Å². The van der Waals surface area contributed by atoms with Gasteiger partial charge < -0.3 is 10.2 Å². The fraction of sp³-hybridized carbons (Fsp3) is 0.310. The molecule has 2 amide bonds. The molecule has 0 fully saturated rings. The summed E-state index contributed by atoms with van der Waals surface area (Å²) in [5.41, 5.74) is 1.28. The van der Waals surface area contributed by atoms with Crippen molar-refractivity contribution in [1.29, 1.82) is 0 Å². The maximum Gasteiger partial charge on any atom is 0.244 e. The molecule has 3 aromatic carbocycles. The van der Waals surface area contributed by atoms with E-state index in [4.69, 9.17) is 11.6 Å². The molecule has 0 aliphatic carbocycles. The first-order chi connectivity index (χ1) is 18.2. The number of nitrogens with zero attached hydrogens (tertiary/aromatic N) is 2. The normalized spacial score (nSPS) is 12.5. The van der Waals surface area contributed by atoms with Crippen LogP contribution in [0.3, 0.4) is 0 Å². The molecule has 10 heteroatoms. The number of sulfonamides is 1. The van der Waals surface area contributed by atoms with E-state index in [1.54, 1.807) is 48.5 Å². The van der Waals surface area contributed by atoms with Crippen LogP contribution >= 0.6 is 27.5 Å². The van der Waals surface area contributed by atoms with E-state index < -0.39 is 34.1 Å². The highest BCUT2D eigenvalue weighted by molar-refractivity contribution is 9.10. The van der Waals surface area contributed by atoms with Crippen molar-refractivity contribution in [2.75, 3.05) is 17.1 Å². The summed E-state index contributed by atoms with van der Waals surface area (Å²) < 4.78 is 27.4. The van der Waals surface area contributed by atoms with Crippen LogP contribution in [0.25, 0.3) is 0 Å². The number of halogens is 2. The van der Waals surface area contributed by atoms with Gasteiger partial charge in [0, 0.05) is 28.0 Å². The van der Waals surface area contributed by atoms with Gasteiger partial charge in [0.15, 0.2) is 0 Å². The van der Waals surface area contributed by atoms with Crippen LogP contribution in [0, 0.1) is 0 Å². The molecule has 0 unspecified atom stereocenters. The molecule has 0 radical (unpaired) electrons.